The van der Waals surface area contributed by atoms with Crippen LogP contribution in [0.25, 0.3) is 11.3 Å². The van der Waals surface area contributed by atoms with Crippen molar-refractivity contribution in [1.29, 1.82) is 5.26 Å². The zero-order chi connectivity index (χ0) is 10.8. The minimum atomic E-state index is 0.620. The van der Waals surface area contributed by atoms with Gasteiger partial charge in [0.05, 0.1) is 17.3 Å². The molecule has 1 aromatic heterocycles. The van der Waals surface area contributed by atoms with Gasteiger partial charge in [0.1, 0.15) is 5.82 Å². The minimum Gasteiger partial charge on any atom is -0.384 e. The summed E-state index contributed by atoms with van der Waals surface area (Å²) in [6.07, 6.45) is 0. The van der Waals surface area contributed by atoms with Crippen molar-refractivity contribution in [2.75, 3.05) is 5.73 Å². The Labute approximate surface area is 87.6 Å². The summed E-state index contributed by atoms with van der Waals surface area (Å²) >= 11 is 0. The first-order valence-electron chi connectivity index (χ1n) is 4.51. The van der Waals surface area contributed by atoms with E-state index in [4.69, 9.17) is 11.0 Å². The molecule has 4 nitrogen and oxygen atoms in total. The van der Waals surface area contributed by atoms with Gasteiger partial charge in [0.2, 0.25) is 0 Å². The Morgan fingerprint density at radius 3 is 2.47 bits per heavy atom. The van der Waals surface area contributed by atoms with Crippen LogP contribution in [0.5, 0.6) is 0 Å². The van der Waals surface area contributed by atoms with E-state index < -0.39 is 0 Å². The number of nitrogens with zero attached hydrogens (tertiary/aromatic N) is 3. The average molecular weight is 198 g/mol. The van der Waals surface area contributed by atoms with Gasteiger partial charge in [0.25, 0.3) is 0 Å². The molecule has 0 saturated carbocycles. The van der Waals surface area contributed by atoms with Crippen LogP contribution in [-0.4, -0.2) is 9.78 Å². The van der Waals surface area contributed by atoms with Gasteiger partial charge in [-0.05, 0) is 12.1 Å². The Morgan fingerprint density at radius 1 is 1.33 bits per heavy atom. The molecule has 74 valence electrons. The first-order chi connectivity index (χ1) is 7.20. The lowest BCUT2D eigenvalue weighted by atomic mass is 10.1. The van der Waals surface area contributed by atoms with Crippen molar-refractivity contribution in [2.24, 2.45) is 7.05 Å². The molecule has 1 aromatic carbocycles. The molecule has 0 saturated heterocycles. The Balaban J connectivity index is 2.42. The molecule has 15 heavy (non-hydrogen) atoms. The van der Waals surface area contributed by atoms with Gasteiger partial charge in [-0.3, -0.25) is 4.68 Å². The maximum atomic E-state index is 8.66. The lowest BCUT2D eigenvalue weighted by Crippen LogP contribution is -1.96. The lowest BCUT2D eigenvalue weighted by molar-refractivity contribution is 0.782. The molecule has 0 atom stereocenters. The molecule has 0 aliphatic carbocycles. The van der Waals surface area contributed by atoms with E-state index >= 15 is 0 Å². The van der Waals surface area contributed by atoms with Crippen LogP contribution < -0.4 is 5.73 Å². The number of anilines is 1. The number of aryl methyl sites for hydroxylation is 1. The third-order valence-electron chi connectivity index (χ3n) is 2.23. The zero-order valence-corrected chi connectivity index (χ0v) is 8.31. The minimum absolute atomic E-state index is 0.620. The van der Waals surface area contributed by atoms with E-state index in [9.17, 15) is 0 Å². The molecule has 0 aliphatic heterocycles. The maximum absolute atomic E-state index is 8.66. The normalized spacial score (nSPS) is 9.87. The molecule has 0 spiro atoms. The van der Waals surface area contributed by atoms with Crippen molar-refractivity contribution >= 4 is 5.82 Å². The number of aromatic nitrogens is 2. The Morgan fingerprint density at radius 2 is 2.00 bits per heavy atom. The Bertz CT molecular complexity index is 497. The SMILES string of the molecule is Cn1nc(-c2ccc(C#N)cc2)cc1N. The van der Waals surface area contributed by atoms with E-state index in [1.807, 2.05) is 12.1 Å². The topological polar surface area (TPSA) is 67.6 Å². The van der Waals surface area contributed by atoms with Gasteiger partial charge in [0.15, 0.2) is 0 Å². The van der Waals surface area contributed by atoms with Crippen molar-refractivity contribution in [3.63, 3.8) is 0 Å². The summed E-state index contributed by atoms with van der Waals surface area (Å²) in [6, 6.07) is 11.1. The van der Waals surface area contributed by atoms with E-state index in [-0.39, 0.29) is 0 Å². The summed E-state index contributed by atoms with van der Waals surface area (Å²) in [4.78, 5) is 0. The fourth-order valence-electron chi connectivity index (χ4n) is 1.34. The molecule has 0 amide bonds. The molecule has 2 aromatic rings. The molecular formula is C11H10N4. The third-order valence-corrected chi connectivity index (χ3v) is 2.23. The number of nitriles is 1. The van der Waals surface area contributed by atoms with Crippen molar-refractivity contribution < 1.29 is 0 Å². The number of hydrogen-bond acceptors (Lipinski definition) is 3. The van der Waals surface area contributed by atoms with Gasteiger partial charge < -0.3 is 5.73 Å². The largest absolute Gasteiger partial charge is 0.384 e. The highest BCUT2D eigenvalue weighted by molar-refractivity contribution is 5.63. The van der Waals surface area contributed by atoms with Crippen LogP contribution in [-0.2, 0) is 7.05 Å². The van der Waals surface area contributed by atoms with Crippen LogP contribution in [0, 0.1) is 11.3 Å². The highest BCUT2D eigenvalue weighted by atomic mass is 15.3. The quantitative estimate of drug-likeness (QED) is 0.755. The van der Waals surface area contributed by atoms with Gasteiger partial charge in [-0.25, -0.2) is 0 Å². The highest BCUT2D eigenvalue weighted by Crippen LogP contribution is 2.19. The van der Waals surface area contributed by atoms with Crippen molar-refractivity contribution in [1.82, 2.24) is 9.78 Å². The van der Waals surface area contributed by atoms with Crippen LogP contribution in [0.4, 0.5) is 5.82 Å². The second-order valence-electron chi connectivity index (χ2n) is 3.27. The van der Waals surface area contributed by atoms with Crippen molar-refractivity contribution in [3.05, 3.63) is 35.9 Å². The molecule has 0 bridgehead atoms. The fraction of sp³-hybridized carbons (Fsp3) is 0.0909. The maximum Gasteiger partial charge on any atom is 0.121 e. The molecule has 0 unspecified atom stereocenters. The second kappa shape index (κ2) is 3.46. The van der Waals surface area contributed by atoms with Gasteiger partial charge in [0, 0.05) is 18.7 Å². The van der Waals surface area contributed by atoms with Gasteiger partial charge in [-0.2, -0.15) is 10.4 Å². The van der Waals surface area contributed by atoms with Gasteiger partial charge in [-0.15, -0.1) is 0 Å². The zero-order valence-electron chi connectivity index (χ0n) is 8.31. The number of hydrogen-bond donors (Lipinski definition) is 1. The number of nitrogen functional groups attached to an aromatic ring is 1. The predicted octanol–water partition coefficient (Wildman–Crippen LogP) is 1.54. The van der Waals surface area contributed by atoms with Gasteiger partial charge >= 0.3 is 0 Å². The molecule has 1 heterocycles. The second-order valence-corrected chi connectivity index (χ2v) is 3.27. The number of nitrogens with two attached hydrogens (primary N) is 1. The number of benzene rings is 1. The molecule has 2 rings (SSSR count). The fourth-order valence-corrected chi connectivity index (χ4v) is 1.34. The standard InChI is InChI=1S/C11H10N4/c1-15-11(13)6-10(14-15)9-4-2-8(7-12)3-5-9/h2-6H,13H2,1H3. The molecule has 0 fully saturated rings. The summed E-state index contributed by atoms with van der Waals surface area (Å²) in [5.41, 5.74) is 8.10. The van der Waals surface area contributed by atoms with E-state index in [1.54, 1.807) is 29.9 Å². The summed E-state index contributed by atoms with van der Waals surface area (Å²) in [7, 11) is 1.79. The monoisotopic (exact) mass is 198 g/mol. The average Bonchev–Trinajstić information content (AvgIpc) is 2.59. The molecule has 0 radical (unpaired) electrons. The highest BCUT2D eigenvalue weighted by Gasteiger charge is 2.04. The summed E-state index contributed by atoms with van der Waals surface area (Å²) in [6.45, 7) is 0. The van der Waals surface area contributed by atoms with Crippen LogP contribution >= 0.6 is 0 Å². The smallest absolute Gasteiger partial charge is 0.121 e. The van der Waals surface area contributed by atoms with Crippen LogP contribution in [0.3, 0.4) is 0 Å². The predicted molar refractivity (Wildman–Crippen MR) is 57.8 cm³/mol. The first-order valence-corrected chi connectivity index (χ1v) is 4.51. The van der Waals surface area contributed by atoms with Crippen molar-refractivity contribution in [3.8, 4) is 17.3 Å². The van der Waals surface area contributed by atoms with E-state index in [1.165, 1.54) is 0 Å². The summed E-state index contributed by atoms with van der Waals surface area (Å²) < 4.78 is 1.62. The number of rotatable bonds is 1. The lowest BCUT2D eigenvalue weighted by Gasteiger charge is -1.95. The summed E-state index contributed by atoms with van der Waals surface area (Å²) in [5, 5.41) is 12.9. The van der Waals surface area contributed by atoms with Crippen LogP contribution in [0.2, 0.25) is 0 Å². The van der Waals surface area contributed by atoms with Crippen LogP contribution in [0.15, 0.2) is 30.3 Å². The van der Waals surface area contributed by atoms with Crippen LogP contribution in [0.1, 0.15) is 5.56 Å². The Kier molecular flexibility index (Phi) is 2.14. The molecular weight excluding hydrogens is 188 g/mol. The summed E-state index contributed by atoms with van der Waals surface area (Å²) in [5.74, 6) is 0.620. The van der Waals surface area contributed by atoms with Gasteiger partial charge in [-0.1, -0.05) is 12.1 Å². The third kappa shape index (κ3) is 1.67. The van der Waals surface area contributed by atoms with E-state index in [0.29, 0.717) is 11.4 Å². The first kappa shape index (κ1) is 9.28. The molecule has 0 aliphatic rings. The molecule has 2 N–H and O–H groups in total. The Hall–Kier alpha value is -2.28. The van der Waals surface area contributed by atoms with E-state index in [2.05, 4.69) is 11.2 Å². The molecule has 4 heteroatoms. The van der Waals surface area contributed by atoms with E-state index in [0.717, 1.165) is 11.3 Å². The van der Waals surface area contributed by atoms with Crippen molar-refractivity contribution in [2.45, 2.75) is 0 Å².